The van der Waals surface area contributed by atoms with Crippen LogP contribution in [0.5, 0.6) is 0 Å². The number of carbonyl (C=O) groups excluding carboxylic acids is 4. The van der Waals surface area contributed by atoms with Gasteiger partial charge in [-0.2, -0.15) is 0 Å². The van der Waals surface area contributed by atoms with Crippen LogP contribution >= 0.6 is 0 Å². The molecule has 3 N–H and O–H groups in total. The molecular weight excluding hydrogens is 466 g/mol. The van der Waals surface area contributed by atoms with E-state index in [2.05, 4.69) is 16.0 Å². The van der Waals surface area contributed by atoms with Gasteiger partial charge in [0.2, 0.25) is 5.91 Å². The van der Waals surface area contributed by atoms with Crippen LogP contribution in [0.1, 0.15) is 65.9 Å². The molecule has 0 aromatic heterocycles. The number of unbranched alkanes of at least 4 members (excludes halogenated alkanes) is 1. The second kappa shape index (κ2) is 15.6. The highest BCUT2D eigenvalue weighted by Crippen LogP contribution is 2.10. The van der Waals surface area contributed by atoms with Crippen molar-refractivity contribution in [2.75, 3.05) is 13.7 Å². The van der Waals surface area contributed by atoms with Gasteiger partial charge < -0.3 is 30.2 Å². The summed E-state index contributed by atoms with van der Waals surface area (Å²) in [6, 6.07) is 7.43. The van der Waals surface area contributed by atoms with Crippen LogP contribution < -0.4 is 16.0 Å². The van der Waals surface area contributed by atoms with E-state index in [1.807, 2.05) is 44.2 Å². The summed E-state index contributed by atoms with van der Waals surface area (Å²) in [7, 11) is 1.25. The van der Waals surface area contributed by atoms with Crippen molar-refractivity contribution >= 4 is 24.1 Å². The number of benzene rings is 1. The summed E-state index contributed by atoms with van der Waals surface area (Å²) >= 11 is 0. The molecule has 36 heavy (non-hydrogen) atoms. The fourth-order valence-electron chi connectivity index (χ4n) is 3.25. The smallest absolute Gasteiger partial charge is 0.408 e. The number of carbonyl (C=O) groups is 4. The molecule has 1 rings (SSSR count). The zero-order valence-corrected chi connectivity index (χ0v) is 22.2. The summed E-state index contributed by atoms with van der Waals surface area (Å²) in [5.74, 6) is -0.980. The minimum Gasteiger partial charge on any atom is -0.467 e. The molecule has 0 aliphatic heterocycles. The average molecular weight is 508 g/mol. The zero-order chi connectivity index (χ0) is 27.1. The van der Waals surface area contributed by atoms with Crippen molar-refractivity contribution in [2.45, 2.75) is 84.6 Å². The molecule has 202 valence electrons. The van der Waals surface area contributed by atoms with Gasteiger partial charge in [-0.15, -0.1) is 0 Å². The van der Waals surface area contributed by atoms with Crippen molar-refractivity contribution < 1.29 is 33.4 Å². The molecule has 1 aromatic carbocycles. The Morgan fingerprint density at radius 3 is 2.17 bits per heavy atom. The number of methoxy groups -OCH3 is 1. The average Bonchev–Trinajstić information content (AvgIpc) is 2.80. The lowest BCUT2D eigenvalue weighted by atomic mass is 10.0. The van der Waals surface area contributed by atoms with Crippen LogP contribution in [-0.4, -0.2) is 55.4 Å². The minimum atomic E-state index is -0.888. The second-order valence-corrected chi connectivity index (χ2v) is 9.90. The van der Waals surface area contributed by atoms with Gasteiger partial charge in [-0.25, -0.2) is 14.4 Å². The molecule has 0 radical (unpaired) electrons. The molecule has 0 saturated carbocycles. The number of esters is 1. The number of hydrogen-bond donors (Lipinski definition) is 3. The fraction of sp³-hybridized carbons (Fsp3) is 0.615. The molecule has 2 atom stereocenters. The van der Waals surface area contributed by atoms with Crippen molar-refractivity contribution in [3.63, 3.8) is 0 Å². The van der Waals surface area contributed by atoms with Gasteiger partial charge in [0.05, 0.1) is 7.11 Å². The topological polar surface area (TPSA) is 132 Å². The summed E-state index contributed by atoms with van der Waals surface area (Å²) in [6.07, 6.45) is 0.546. The maximum Gasteiger partial charge on any atom is 0.408 e. The highest BCUT2D eigenvalue weighted by molar-refractivity contribution is 5.89. The number of ether oxygens (including phenoxy) is 3. The van der Waals surface area contributed by atoms with E-state index in [9.17, 15) is 19.2 Å². The quantitative estimate of drug-likeness (QED) is 0.211. The first-order valence-electron chi connectivity index (χ1n) is 12.2. The van der Waals surface area contributed by atoms with Crippen LogP contribution in [0.4, 0.5) is 9.59 Å². The number of hydrogen-bond acceptors (Lipinski definition) is 7. The summed E-state index contributed by atoms with van der Waals surface area (Å²) in [5.41, 5.74) is 0.239. The molecule has 0 aliphatic carbocycles. The Hall–Kier alpha value is -3.30. The SMILES string of the molecule is COC(=O)C(CCCCNC(=O)OC(C)(C)C)NC(=O)C(CC(C)C)NC(=O)OCc1ccccc1. The number of rotatable bonds is 13. The molecule has 2 unspecified atom stereocenters. The third-order valence-corrected chi connectivity index (χ3v) is 4.92. The van der Waals surface area contributed by atoms with Gasteiger partial charge in [-0.05, 0) is 57.9 Å². The maximum atomic E-state index is 13.0. The minimum absolute atomic E-state index is 0.0742. The molecule has 0 fully saturated rings. The molecule has 0 aliphatic rings. The normalized spacial score (nSPS) is 12.8. The zero-order valence-electron chi connectivity index (χ0n) is 22.2. The summed E-state index contributed by atoms with van der Waals surface area (Å²) < 4.78 is 15.3. The van der Waals surface area contributed by atoms with Crippen LogP contribution in [-0.2, 0) is 30.4 Å². The van der Waals surface area contributed by atoms with E-state index < -0.39 is 41.7 Å². The molecule has 0 saturated heterocycles. The van der Waals surface area contributed by atoms with Gasteiger partial charge in [0.1, 0.15) is 24.3 Å². The van der Waals surface area contributed by atoms with Gasteiger partial charge in [0, 0.05) is 6.54 Å². The Bertz CT molecular complexity index is 838. The molecule has 10 nitrogen and oxygen atoms in total. The Morgan fingerprint density at radius 1 is 0.917 bits per heavy atom. The molecule has 0 spiro atoms. The summed E-state index contributed by atoms with van der Waals surface area (Å²) in [5, 5.41) is 7.94. The van der Waals surface area contributed by atoms with Crippen molar-refractivity contribution in [3.8, 4) is 0 Å². The Kier molecular flexibility index (Phi) is 13.4. The Morgan fingerprint density at radius 2 is 1.58 bits per heavy atom. The summed E-state index contributed by atoms with van der Waals surface area (Å²) in [4.78, 5) is 49.3. The lowest BCUT2D eigenvalue weighted by Crippen LogP contribution is -2.52. The molecule has 0 bridgehead atoms. The number of alkyl carbamates (subject to hydrolysis) is 2. The number of amides is 3. The van der Waals surface area contributed by atoms with E-state index in [4.69, 9.17) is 14.2 Å². The largest absolute Gasteiger partial charge is 0.467 e. The van der Waals surface area contributed by atoms with Crippen LogP contribution in [0.3, 0.4) is 0 Å². The van der Waals surface area contributed by atoms with Gasteiger partial charge in [0.15, 0.2) is 0 Å². The fourth-order valence-corrected chi connectivity index (χ4v) is 3.25. The van der Waals surface area contributed by atoms with E-state index >= 15 is 0 Å². The Balaban J connectivity index is 2.61. The van der Waals surface area contributed by atoms with E-state index in [1.54, 1.807) is 20.8 Å². The van der Waals surface area contributed by atoms with E-state index in [0.717, 1.165) is 5.56 Å². The van der Waals surface area contributed by atoms with Crippen LogP contribution in [0.25, 0.3) is 0 Å². The van der Waals surface area contributed by atoms with Crippen molar-refractivity contribution in [3.05, 3.63) is 35.9 Å². The lowest BCUT2D eigenvalue weighted by Gasteiger charge is -2.23. The lowest BCUT2D eigenvalue weighted by molar-refractivity contribution is -0.145. The van der Waals surface area contributed by atoms with E-state index in [-0.39, 0.29) is 12.5 Å². The Labute approximate surface area is 213 Å². The van der Waals surface area contributed by atoms with E-state index in [0.29, 0.717) is 32.2 Å². The predicted molar refractivity (Wildman–Crippen MR) is 135 cm³/mol. The van der Waals surface area contributed by atoms with Gasteiger partial charge in [-0.1, -0.05) is 44.2 Å². The predicted octanol–water partition coefficient (Wildman–Crippen LogP) is 3.68. The van der Waals surface area contributed by atoms with Crippen LogP contribution in [0, 0.1) is 5.92 Å². The third kappa shape index (κ3) is 13.6. The monoisotopic (exact) mass is 507 g/mol. The van der Waals surface area contributed by atoms with Crippen molar-refractivity contribution in [1.82, 2.24) is 16.0 Å². The first kappa shape index (κ1) is 30.7. The molecule has 3 amide bonds. The molecule has 0 heterocycles. The second-order valence-electron chi connectivity index (χ2n) is 9.90. The summed E-state index contributed by atoms with van der Waals surface area (Å²) in [6.45, 7) is 9.62. The highest BCUT2D eigenvalue weighted by atomic mass is 16.6. The molecule has 1 aromatic rings. The first-order valence-corrected chi connectivity index (χ1v) is 12.2. The van der Waals surface area contributed by atoms with Gasteiger partial charge in [-0.3, -0.25) is 4.79 Å². The standard InChI is InChI=1S/C26H41N3O7/c1-18(2)16-21(29-25(33)35-17-19-12-8-7-9-13-19)22(30)28-20(23(31)34-6)14-10-11-15-27-24(32)36-26(3,4)5/h7-9,12-13,18,20-21H,10-11,14-17H2,1-6H3,(H,27,32)(H,28,30)(H,29,33). The highest BCUT2D eigenvalue weighted by Gasteiger charge is 2.28. The maximum absolute atomic E-state index is 13.0. The van der Waals surface area contributed by atoms with Gasteiger partial charge >= 0.3 is 18.2 Å². The van der Waals surface area contributed by atoms with Crippen LogP contribution in [0.2, 0.25) is 0 Å². The molecular formula is C26H41N3O7. The van der Waals surface area contributed by atoms with Crippen LogP contribution in [0.15, 0.2) is 30.3 Å². The first-order chi connectivity index (χ1) is 16.9. The number of nitrogens with one attached hydrogen (secondary N) is 3. The van der Waals surface area contributed by atoms with Gasteiger partial charge in [0.25, 0.3) is 0 Å². The van der Waals surface area contributed by atoms with E-state index in [1.165, 1.54) is 7.11 Å². The third-order valence-electron chi connectivity index (χ3n) is 4.92. The van der Waals surface area contributed by atoms with Crippen molar-refractivity contribution in [2.24, 2.45) is 5.92 Å². The van der Waals surface area contributed by atoms with Crippen molar-refractivity contribution in [1.29, 1.82) is 0 Å². The molecule has 10 heteroatoms.